The Morgan fingerprint density at radius 1 is 1.17 bits per heavy atom. The summed E-state index contributed by atoms with van der Waals surface area (Å²) in [6, 6.07) is 8.31. The maximum atomic E-state index is 12.5. The van der Waals surface area contributed by atoms with Crippen molar-refractivity contribution >= 4 is 44.2 Å². The van der Waals surface area contributed by atoms with E-state index in [1.807, 2.05) is 0 Å². The number of rotatable bonds is 7. The average Bonchev–Trinajstić information content (AvgIpc) is 3.15. The van der Waals surface area contributed by atoms with E-state index in [9.17, 15) is 9.32 Å². The van der Waals surface area contributed by atoms with Gasteiger partial charge in [-0.25, -0.2) is 4.98 Å². The van der Waals surface area contributed by atoms with E-state index in [0.717, 1.165) is 54.1 Å². The second-order valence-electron chi connectivity index (χ2n) is 7.71. The number of hydrogen-bond donors (Lipinski definition) is 2. The lowest BCUT2D eigenvalue weighted by molar-refractivity contribution is 0.268. The number of aliphatic hydroxyl groups is 1. The summed E-state index contributed by atoms with van der Waals surface area (Å²) >= 11 is 3.49. The number of aryl methyl sites for hydroxylation is 1. The fourth-order valence-electron chi connectivity index (χ4n) is 3.99. The summed E-state index contributed by atoms with van der Waals surface area (Å²) in [5.41, 5.74) is 2.10. The lowest BCUT2D eigenvalue weighted by Crippen LogP contribution is -2.47. The van der Waals surface area contributed by atoms with E-state index in [4.69, 9.17) is 9.97 Å². The average molecular weight is 494 g/mol. The van der Waals surface area contributed by atoms with Crippen LogP contribution in [0.1, 0.15) is 25.5 Å². The molecule has 1 saturated heterocycles. The molecule has 2 aromatic rings. The fraction of sp³-hybridized carbons (Fsp3) is 0.524. The van der Waals surface area contributed by atoms with E-state index < -0.39 is 10.8 Å². The second-order valence-corrected chi connectivity index (χ2v) is 10.1. The maximum Gasteiger partial charge on any atom is 0.227 e. The van der Waals surface area contributed by atoms with Gasteiger partial charge in [0.1, 0.15) is 10.7 Å². The molecular weight excluding hydrogens is 466 g/mol. The van der Waals surface area contributed by atoms with Crippen molar-refractivity contribution in [2.24, 2.45) is 0 Å². The summed E-state index contributed by atoms with van der Waals surface area (Å²) in [6.45, 7) is 5.56. The van der Waals surface area contributed by atoms with Crippen LogP contribution in [-0.4, -0.2) is 63.9 Å². The highest BCUT2D eigenvalue weighted by atomic mass is 79.9. The van der Waals surface area contributed by atoms with Crippen LogP contribution >= 0.6 is 15.9 Å². The van der Waals surface area contributed by atoms with Gasteiger partial charge in [0.25, 0.3) is 0 Å². The molecule has 162 valence electrons. The summed E-state index contributed by atoms with van der Waals surface area (Å²) in [5, 5.41) is 13.0. The number of anilines is 3. The van der Waals surface area contributed by atoms with Gasteiger partial charge >= 0.3 is 0 Å². The van der Waals surface area contributed by atoms with Gasteiger partial charge in [-0.15, -0.1) is 0 Å². The number of nitrogens with one attached hydrogen (secondary N) is 1. The normalized spacial score (nSPS) is 19.6. The van der Waals surface area contributed by atoms with Crippen LogP contribution in [-0.2, 0) is 17.2 Å². The lowest BCUT2D eigenvalue weighted by Gasteiger charge is -2.36. The highest BCUT2D eigenvalue weighted by Gasteiger charge is 2.29. The minimum Gasteiger partial charge on any atom is -0.394 e. The molecule has 1 unspecified atom stereocenters. The van der Waals surface area contributed by atoms with Crippen molar-refractivity contribution in [2.75, 3.05) is 53.7 Å². The van der Waals surface area contributed by atoms with E-state index in [-0.39, 0.29) is 12.6 Å². The van der Waals surface area contributed by atoms with Crippen LogP contribution in [0.15, 0.2) is 33.6 Å². The molecule has 1 aromatic carbocycles. The Bertz CT molecular complexity index is 903. The van der Waals surface area contributed by atoms with Crippen LogP contribution in [0.5, 0.6) is 0 Å². The molecule has 3 heterocycles. The van der Waals surface area contributed by atoms with E-state index in [1.165, 1.54) is 5.69 Å². The molecule has 2 atom stereocenters. The van der Waals surface area contributed by atoms with E-state index in [2.05, 4.69) is 62.2 Å². The number of aliphatic hydroxyl groups excluding tert-OH is 1. The Kier molecular flexibility index (Phi) is 6.90. The van der Waals surface area contributed by atoms with Crippen molar-refractivity contribution < 1.29 is 9.32 Å². The van der Waals surface area contributed by atoms with Crippen LogP contribution in [0.4, 0.5) is 17.5 Å². The Morgan fingerprint density at radius 3 is 2.53 bits per heavy atom. The maximum absolute atomic E-state index is 12.5. The largest absolute Gasteiger partial charge is 0.394 e. The molecule has 0 radical (unpaired) electrons. The van der Waals surface area contributed by atoms with Crippen molar-refractivity contribution in [3.05, 3.63) is 34.4 Å². The molecule has 2 N–H and O–H groups in total. The summed E-state index contributed by atoms with van der Waals surface area (Å²) in [5.74, 6) is 1.92. The van der Waals surface area contributed by atoms with E-state index in [0.29, 0.717) is 23.9 Å². The van der Waals surface area contributed by atoms with E-state index in [1.54, 1.807) is 0 Å². The van der Waals surface area contributed by atoms with Crippen LogP contribution < -0.4 is 15.1 Å². The standard InChI is InChI=1S/C21H28BrN5O2S/c1-2-3-16(14-28)23-20-19-18(8-13-30(19)29)24-21(25-20)27-11-9-26(10-12-27)17-6-4-15(22)5-7-17/h4-7,16,28H,2-3,8-14H2,1H3,(H,23,24,25)/t16?,30-/m1/s1. The molecule has 0 bridgehead atoms. The smallest absolute Gasteiger partial charge is 0.227 e. The topological polar surface area (TPSA) is 81.6 Å². The zero-order chi connectivity index (χ0) is 21.1. The number of benzene rings is 1. The Balaban J connectivity index is 1.52. The van der Waals surface area contributed by atoms with Gasteiger partial charge in [-0.2, -0.15) is 4.98 Å². The van der Waals surface area contributed by atoms with Crippen molar-refractivity contribution in [2.45, 2.75) is 37.1 Å². The van der Waals surface area contributed by atoms with Crippen LogP contribution in [0.2, 0.25) is 0 Å². The first-order chi connectivity index (χ1) is 14.6. The first-order valence-electron chi connectivity index (χ1n) is 10.5. The van der Waals surface area contributed by atoms with Crippen molar-refractivity contribution in [3.8, 4) is 0 Å². The number of fused-ring (bicyclic) bond motifs is 1. The molecule has 1 aromatic heterocycles. The summed E-state index contributed by atoms with van der Waals surface area (Å²) in [7, 11) is -1.08. The number of piperazine rings is 1. The number of halogens is 1. The Morgan fingerprint density at radius 2 is 1.87 bits per heavy atom. The molecule has 2 aliphatic rings. The summed E-state index contributed by atoms with van der Waals surface area (Å²) in [6.07, 6.45) is 2.51. The Labute approximate surface area is 188 Å². The SMILES string of the molecule is CCCC(CO)Nc1nc(N2CCN(c3ccc(Br)cc3)CC2)nc2c1[S@](=O)CC2. The van der Waals surface area contributed by atoms with Crippen LogP contribution in [0.3, 0.4) is 0 Å². The van der Waals surface area contributed by atoms with Gasteiger partial charge in [0.2, 0.25) is 5.95 Å². The van der Waals surface area contributed by atoms with Gasteiger partial charge in [0.15, 0.2) is 0 Å². The molecule has 1 fully saturated rings. The second kappa shape index (κ2) is 9.62. The van der Waals surface area contributed by atoms with Crippen molar-refractivity contribution in [1.82, 2.24) is 9.97 Å². The van der Waals surface area contributed by atoms with Crippen molar-refractivity contribution in [3.63, 3.8) is 0 Å². The van der Waals surface area contributed by atoms with Gasteiger partial charge in [0, 0.05) is 48.5 Å². The fourth-order valence-corrected chi connectivity index (χ4v) is 5.57. The number of aromatic nitrogens is 2. The zero-order valence-electron chi connectivity index (χ0n) is 17.2. The molecule has 2 aliphatic heterocycles. The minimum absolute atomic E-state index is 0.0282. The summed E-state index contributed by atoms with van der Waals surface area (Å²) < 4.78 is 13.6. The quantitative estimate of drug-likeness (QED) is 0.613. The first kappa shape index (κ1) is 21.5. The third-order valence-corrected chi connectivity index (χ3v) is 7.62. The van der Waals surface area contributed by atoms with Gasteiger partial charge in [-0.05, 0) is 30.7 Å². The predicted octanol–water partition coefficient (Wildman–Crippen LogP) is 2.80. The molecule has 0 spiro atoms. The summed E-state index contributed by atoms with van der Waals surface area (Å²) in [4.78, 5) is 14.8. The highest BCUT2D eigenvalue weighted by molar-refractivity contribution is 9.10. The lowest BCUT2D eigenvalue weighted by atomic mass is 10.2. The zero-order valence-corrected chi connectivity index (χ0v) is 19.6. The van der Waals surface area contributed by atoms with Gasteiger partial charge in [0.05, 0.1) is 29.1 Å². The molecule has 7 nitrogen and oxygen atoms in total. The van der Waals surface area contributed by atoms with E-state index >= 15 is 0 Å². The van der Waals surface area contributed by atoms with Crippen LogP contribution in [0.25, 0.3) is 0 Å². The number of nitrogens with zero attached hydrogens (tertiary/aromatic N) is 4. The minimum atomic E-state index is -1.08. The van der Waals surface area contributed by atoms with Crippen LogP contribution in [0, 0.1) is 0 Å². The molecule has 0 amide bonds. The molecule has 30 heavy (non-hydrogen) atoms. The van der Waals surface area contributed by atoms with Gasteiger partial charge in [-0.3, -0.25) is 4.21 Å². The molecule has 0 aliphatic carbocycles. The molecule has 0 saturated carbocycles. The molecule has 4 rings (SSSR count). The van der Waals surface area contributed by atoms with Crippen molar-refractivity contribution in [1.29, 1.82) is 0 Å². The Hall–Kier alpha value is -1.71. The van der Waals surface area contributed by atoms with Gasteiger partial charge < -0.3 is 20.2 Å². The monoisotopic (exact) mass is 493 g/mol. The molecule has 9 heteroatoms. The number of hydrogen-bond acceptors (Lipinski definition) is 7. The third kappa shape index (κ3) is 4.63. The molecular formula is C21H28BrN5O2S. The first-order valence-corrected chi connectivity index (χ1v) is 12.6. The predicted molar refractivity (Wildman–Crippen MR) is 125 cm³/mol. The highest BCUT2D eigenvalue weighted by Crippen LogP contribution is 2.31. The third-order valence-electron chi connectivity index (χ3n) is 5.63. The van der Waals surface area contributed by atoms with Gasteiger partial charge in [-0.1, -0.05) is 29.3 Å².